The minimum Gasteiger partial charge on any atom is -0.478 e. The van der Waals surface area contributed by atoms with Crippen molar-refractivity contribution in [3.8, 4) is 0 Å². The van der Waals surface area contributed by atoms with Crippen LogP contribution in [-0.2, 0) is 4.74 Å². The Kier molecular flexibility index (Phi) is 4.66. The van der Waals surface area contributed by atoms with Gasteiger partial charge in [-0.15, -0.1) is 0 Å². The first kappa shape index (κ1) is 17.0. The monoisotopic (exact) mass is 293 g/mol. The van der Waals surface area contributed by atoms with Gasteiger partial charge in [0.15, 0.2) is 0 Å². The van der Waals surface area contributed by atoms with Gasteiger partial charge in [-0.05, 0) is 65.8 Å². The quantitative estimate of drug-likeness (QED) is 0.897. The second-order valence-corrected chi connectivity index (χ2v) is 6.84. The minimum atomic E-state index is -0.999. The van der Waals surface area contributed by atoms with Gasteiger partial charge >= 0.3 is 12.1 Å². The van der Waals surface area contributed by atoms with E-state index in [9.17, 15) is 9.59 Å². The topological polar surface area (TPSA) is 66.8 Å². The molecule has 1 aromatic carbocycles. The summed E-state index contributed by atoms with van der Waals surface area (Å²) < 4.78 is 5.43. The normalized spacial score (nSPS) is 11.9. The van der Waals surface area contributed by atoms with Gasteiger partial charge in [-0.2, -0.15) is 0 Å². The summed E-state index contributed by atoms with van der Waals surface area (Å²) in [5.74, 6) is -0.999. The molecular formula is C16H23NO4. The Morgan fingerprint density at radius 3 is 1.81 bits per heavy atom. The Hall–Kier alpha value is -2.04. The van der Waals surface area contributed by atoms with Gasteiger partial charge in [-0.1, -0.05) is 0 Å². The number of hydrogen-bond acceptors (Lipinski definition) is 3. The molecule has 0 aliphatic carbocycles. The lowest BCUT2D eigenvalue weighted by molar-refractivity contribution is 0.0550. The SMILES string of the molecule is CC(C)(C)OC(=O)N(c1ccc(C(=O)O)cc1)C(C)(C)C. The Morgan fingerprint density at radius 2 is 1.48 bits per heavy atom. The zero-order chi connectivity index (χ0) is 16.4. The summed E-state index contributed by atoms with van der Waals surface area (Å²) in [6.45, 7) is 11.1. The zero-order valence-electron chi connectivity index (χ0n) is 13.4. The summed E-state index contributed by atoms with van der Waals surface area (Å²) in [5.41, 5.74) is -0.312. The fourth-order valence-electron chi connectivity index (χ4n) is 1.83. The van der Waals surface area contributed by atoms with Crippen LogP contribution in [0.2, 0.25) is 0 Å². The molecule has 0 fully saturated rings. The molecule has 0 heterocycles. The van der Waals surface area contributed by atoms with Gasteiger partial charge < -0.3 is 9.84 Å². The molecule has 0 aliphatic heterocycles. The van der Waals surface area contributed by atoms with Gasteiger partial charge in [0.2, 0.25) is 0 Å². The molecule has 0 radical (unpaired) electrons. The van der Waals surface area contributed by atoms with E-state index in [-0.39, 0.29) is 5.56 Å². The summed E-state index contributed by atoms with van der Waals surface area (Å²) in [5, 5.41) is 8.93. The molecule has 0 aromatic heterocycles. The predicted octanol–water partition coefficient (Wildman–Crippen LogP) is 3.92. The highest BCUT2D eigenvalue weighted by Crippen LogP contribution is 2.26. The minimum absolute atomic E-state index is 0.178. The second kappa shape index (κ2) is 5.76. The van der Waals surface area contributed by atoms with Crippen LogP contribution in [0, 0.1) is 0 Å². The predicted molar refractivity (Wildman–Crippen MR) is 81.9 cm³/mol. The Labute approximate surface area is 125 Å². The van der Waals surface area contributed by atoms with E-state index in [0.717, 1.165) is 0 Å². The van der Waals surface area contributed by atoms with E-state index >= 15 is 0 Å². The van der Waals surface area contributed by atoms with E-state index in [0.29, 0.717) is 5.69 Å². The van der Waals surface area contributed by atoms with Crippen LogP contribution in [0.15, 0.2) is 24.3 Å². The molecule has 0 saturated heterocycles. The third-order valence-corrected chi connectivity index (χ3v) is 2.62. The number of carbonyl (C=O) groups excluding carboxylic acids is 1. The lowest BCUT2D eigenvalue weighted by atomic mass is 10.0. The number of hydrogen-bond donors (Lipinski definition) is 1. The van der Waals surface area contributed by atoms with Gasteiger partial charge in [0.1, 0.15) is 5.60 Å². The van der Waals surface area contributed by atoms with Crippen LogP contribution < -0.4 is 4.90 Å². The van der Waals surface area contributed by atoms with Crippen molar-refractivity contribution in [2.24, 2.45) is 0 Å². The Morgan fingerprint density at radius 1 is 1.00 bits per heavy atom. The Bertz CT molecular complexity index is 521. The molecule has 1 rings (SSSR count). The number of aromatic carboxylic acids is 1. The number of benzene rings is 1. The van der Waals surface area contributed by atoms with Gasteiger partial charge in [-0.3, -0.25) is 4.90 Å². The van der Waals surface area contributed by atoms with Crippen LogP contribution in [0.5, 0.6) is 0 Å². The van der Waals surface area contributed by atoms with Crippen LogP contribution in [0.25, 0.3) is 0 Å². The first-order valence-corrected chi connectivity index (χ1v) is 6.78. The lowest BCUT2D eigenvalue weighted by Crippen LogP contribution is -2.48. The number of carboxylic acids is 1. The van der Waals surface area contributed by atoms with E-state index in [1.54, 1.807) is 32.9 Å². The summed E-state index contributed by atoms with van der Waals surface area (Å²) in [7, 11) is 0. The van der Waals surface area contributed by atoms with Crippen molar-refractivity contribution >= 4 is 17.7 Å². The molecule has 0 aliphatic rings. The average Bonchev–Trinajstić information content (AvgIpc) is 2.25. The number of nitrogens with zero attached hydrogens (tertiary/aromatic N) is 1. The van der Waals surface area contributed by atoms with Crippen molar-refractivity contribution < 1.29 is 19.4 Å². The van der Waals surface area contributed by atoms with Crippen molar-refractivity contribution in [1.29, 1.82) is 0 Å². The van der Waals surface area contributed by atoms with Crippen LogP contribution in [0.3, 0.4) is 0 Å². The van der Waals surface area contributed by atoms with Gasteiger partial charge in [0.25, 0.3) is 0 Å². The molecule has 1 amide bonds. The maximum absolute atomic E-state index is 12.4. The number of rotatable bonds is 2. The molecule has 0 atom stereocenters. The molecule has 21 heavy (non-hydrogen) atoms. The smallest absolute Gasteiger partial charge is 0.415 e. The number of amides is 1. The summed E-state index contributed by atoms with van der Waals surface area (Å²) >= 11 is 0. The first-order chi connectivity index (χ1) is 9.42. The first-order valence-electron chi connectivity index (χ1n) is 6.78. The van der Waals surface area contributed by atoms with Crippen molar-refractivity contribution in [3.05, 3.63) is 29.8 Å². The molecule has 1 aromatic rings. The van der Waals surface area contributed by atoms with Crippen molar-refractivity contribution in [2.75, 3.05) is 4.90 Å². The fraction of sp³-hybridized carbons (Fsp3) is 0.500. The van der Waals surface area contributed by atoms with Gasteiger partial charge in [0.05, 0.1) is 5.56 Å². The molecule has 5 nitrogen and oxygen atoms in total. The number of ether oxygens (including phenoxy) is 1. The van der Waals surface area contributed by atoms with Crippen molar-refractivity contribution in [3.63, 3.8) is 0 Å². The molecule has 0 bridgehead atoms. The third kappa shape index (κ3) is 4.77. The molecule has 116 valence electrons. The molecule has 0 unspecified atom stereocenters. The molecule has 0 spiro atoms. The molecule has 0 saturated carbocycles. The number of carboxylic acid groups (broad SMARTS) is 1. The second-order valence-electron chi connectivity index (χ2n) is 6.84. The molecule has 1 N–H and O–H groups in total. The van der Waals surface area contributed by atoms with E-state index in [1.807, 2.05) is 20.8 Å². The van der Waals surface area contributed by atoms with E-state index in [2.05, 4.69) is 0 Å². The summed E-state index contributed by atoms with van der Waals surface area (Å²) in [6, 6.07) is 6.17. The van der Waals surface area contributed by atoms with E-state index < -0.39 is 23.2 Å². The molecule has 5 heteroatoms. The van der Waals surface area contributed by atoms with Crippen LogP contribution in [0.1, 0.15) is 51.9 Å². The third-order valence-electron chi connectivity index (χ3n) is 2.62. The zero-order valence-corrected chi connectivity index (χ0v) is 13.4. The summed E-state index contributed by atoms with van der Waals surface area (Å²) in [6.07, 6.45) is -0.460. The maximum atomic E-state index is 12.4. The van der Waals surface area contributed by atoms with Gasteiger partial charge in [-0.25, -0.2) is 9.59 Å². The Balaban J connectivity index is 3.15. The standard InChI is InChI=1S/C16H23NO4/c1-15(2,3)17(14(20)21-16(4,5)6)12-9-7-11(8-10-12)13(18)19/h7-10H,1-6H3,(H,18,19). The van der Waals surface area contributed by atoms with Crippen LogP contribution >= 0.6 is 0 Å². The van der Waals surface area contributed by atoms with Crippen molar-refractivity contribution in [1.82, 2.24) is 0 Å². The molecular weight excluding hydrogens is 270 g/mol. The largest absolute Gasteiger partial charge is 0.478 e. The summed E-state index contributed by atoms with van der Waals surface area (Å²) in [4.78, 5) is 24.8. The lowest BCUT2D eigenvalue weighted by Gasteiger charge is -2.36. The highest BCUT2D eigenvalue weighted by molar-refractivity contribution is 5.91. The highest BCUT2D eigenvalue weighted by Gasteiger charge is 2.32. The van der Waals surface area contributed by atoms with Crippen LogP contribution in [-0.4, -0.2) is 28.3 Å². The van der Waals surface area contributed by atoms with Gasteiger partial charge in [0, 0.05) is 11.2 Å². The van der Waals surface area contributed by atoms with E-state index in [4.69, 9.17) is 9.84 Å². The highest BCUT2D eigenvalue weighted by atomic mass is 16.6. The number of anilines is 1. The van der Waals surface area contributed by atoms with E-state index in [1.165, 1.54) is 17.0 Å². The van der Waals surface area contributed by atoms with Crippen LogP contribution in [0.4, 0.5) is 10.5 Å². The fourth-order valence-corrected chi connectivity index (χ4v) is 1.83. The average molecular weight is 293 g/mol. The van der Waals surface area contributed by atoms with Crippen molar-refractivity contribution in [2.45, 2.75) is 52.7 Å². The number of carbonyl (C=O) groups is 2. The maximum Gasteiger partial charge on any atom is 0.415 e.